The third kappa shape index (κ3) is 6.54. The summed E-state index contributed by atoms with van der Waals surface area (Å²) in [7, 11) is 2.35. The summed E-state index contributed by atoms with van der Waals surface area (Å²) in [4.78, 5) is 2.20. The second kappa shape index (κ2) is 7.40. The van der Waals surface area contributed by atoms with Crippen LogP contribution in [0.4, 0.5) is 0 Å². The molecule has 0 heterocycles. The summed E-state index contributed by atoms with van der Waals surface area (Å²) >= 11 is 0. The van der Waals surface area contributed by atoms with E-state index in [0.717, 1.165) is 32.2 Å². The Morgan fingerprint density at radius 1 is 1.07 bits per heavy atom. The molecule has 0 aromatic carbocycles. The molecule has 0 saturated carbocycles. The van der Waals surface area contributed by atoms with Crippen LogP contribution in [0.15, 0.2) is 0 Å². The molecule has 14 heavy (non-hydrogen) atoms. The molecule has 0 bridgehead atoms. The summed E-state index contributed by atoms with van der Waals surface area (Å²) in [5.41, 5.74) is 0. The van der Waals surface area contributed by atoms with Crippen molar-refractivity contribution in [3.8, 4) is 0 Å². The minimum absolute atomic E-state index is 0.769. The lowest BCUT2D eigenvalue weighted by Crippen LogP contribution is -2.39. The van der Waals surface area contributed by atoms with Gasteiger partial charge in [0.1, 0.15) is 0 Å². The highest BCUT2D eigenvalue weighted by molar-refractivity contribution is 6.66. The van der Waals surface area contributed by atoms with Crippen molar-refractivity contribution in [3.05, 3.63) is 0 Å². The number of rotatable bonds is 8. The van der Waals surface area contributed by atoms with Crippen molar-refractivity contribution in [3.63, 3.8) is 0 Å². The van der Waals surface area contributed by atoms with Crippen LogP contribution in [0.5, 0.6) is 0 Å². The Balaban J connectivity index is 3.83. The van der Waals surface area contributed by atoms with E-state index in [1.807, 2.05) is 13.8 Å². The van der Waals surface area contributed by atoms with E-state index >= 15 is 0 Å². The molecule has 0 N–H and O–H groups in total. The highest BCUT2D eigenvalue weighted by Gasteiger charge is 2.29. The minimum atomic E-state index is -1.84. The SMILES string of the molecule is CCO[Si](C)(CCCN(C)C)OCC. The number of hydrogen-bond donors (Lipinski definition) is 0. The molecule has 0 aliphatic heterocycles. The van der Waals surface area contributed by atoms with Crippen LogP contribution < -0.4 is 0 Å². The van der Waals surface area contributed by atoms with Gasteiger partial charge in [0.25, 0.3) is 0 Å². The van der Waals surface area contributed by atoms with Crippen molar-refractivity contribution in [2.24, 2.45) is 0 Å². The fourth-order valence-corrected chi connectivity index (χ4v) is 3.91. The Bertz CT molecular complexity index is 136. The Morgan fingerprint density at radius 3 is 1.93 bits per heavy atom. The summed E-state index contributed by atoms with van der Waals surface area (Å²) in [6.07, 6.45) is 1.16. The normalized spacial score (nSPS) is 12.4. The van der Waals surface area contributed by atoms with Gasteiger partial charge in [0.05, 0.1) is 0 Å². The molecule has 0 atom stereocenters. The van der Waals surface area contributed by atoms with Crippen LogP contribution in [0.1, 0.15) is 20.3 Å². The smallest absolute Gasteiger partial charge is 0.334 e. The zero-order chi connectivity index (χ0) is 11.0. The Morgan fingerprint density at radius 2 is 1.57 bits per heavy atom. The van der Waals surface area contributed by atoms with E-state index in [0.29, 0.717) is 0 Å². The summed E-state index contributed by atoms with van der Waals surface area (Å²) in [5, 5.41) is 0. The van der Waals surface area contributed by atoms with Gasteiger partial charge >= 0.3 is 8.56 Å². The van der Waals surface area contributed by atoms with Gasteiger partial charge in [0.2, 0.25) is 0 Å². The van der Waals surface area contributed by atoms with Crippen molar-refractivity contribution in [2.45, 2.75) is 32.9 Å². The summed E-state index contributed by atoms with van der Waals surface area (Å²) in [6.45, 7) is 8.89. The molecule has 0 radical (unpaired) electrons. The standard InChI is InChI=1S/C10H25NO2Si/c1-6-12-14(5,13-7-2)10-8-9-11(3)4/h6-10H2,1-5H3. The summed E-state index contributed by atoms with van der Waals surface area (Å²) in [5.74, 6) is 0. The third-order valence-electron chi connectivity index (χ3n) is 2.14. The first-order chi connectivity index (χ1) is 6.54. The maximum atomic E-state index is 5.75. The van der Waals surface area contributed by atoms with Crippen molar-refractivity contribution in [2.75, 3.05) is 33.9 Å². The van der Waals surface area contributed by atoms with Gasteiger partial charge in [-0.25, -0.2) is 0 Å². The topological polar surface area (TPSA) is 21.7 Å². The largest absolute Gasteiger partial charge is 0.395 e. The quantitative estimate of drug-likeness (QED) is 0.584. The van der Waals surface area contributed by atoms with Gasteiger partial charge in [-0.1, -0.05) is 0 Å². The average molecular weight is 219 g/mol. The Hall–Kier alpha value is 0.0969. The molecule has 0 amide bonds. The lowest BCUT2D eigenvalue weighted by atomic mass is 10.5. The number of nitrogens with zero attached hydrogens (tertiary/aromatic N) is 1. The highest BCUT2D eigenvalue weighted by Crippen LogP contribution is 2.15. The van der Waals surface area contributed by atoms with Crippen molar-refractivity contribution in [1.29, 1.82) is 0 Å². The first kappa shape index (κ1) is 14.1. The van der Waals surface area contributed by atoms with Crippen LogP contribution in [0.3, 0.4) is 0 Å². The molecule has 0 aliphatic rings. The molecule has 0 aromatic heterocycles. The molecule has 0 saturated heterocycles. The molecular weight excluding hydrogens is 194 g/mol. The second-order valence-electron chi connectivity index (χ2n) is 3.91. The fraction of sp³-hybridized carbons (Fsp3) is 1.00. The van der Waals surface area contributed by atoms with Crippen LogP contribution in [0.25, 0.3) is 0 Å². The molecule has 0 spiro atoms. The van der Waals surface area contributed by atoms with Crippen LogP contribution in [0, 0.1) is 0 Å². The van der Waals surface area contributed by atoms with Crippen LogP contribution in [-0.2, 0) is 8.85 Å². The zero-order valence-electron chi connectivity index (χ0n) is 10.3. The Labute approximate surface area is 89.6 Å². The van der Waals surface area contributed by atoms with Crippen molar-refractivity contribution >= 4 is 8.56 Å². The van der Waals surface area contributed by atoms with Crippen LogP contribution in [-0.4, -0.2) is 47.3 Å². The van der Waals surface area contributed by atoms with Gasteiger partial charge in [0.15, 0.2) is 0 Å². The van der Waals surface area contributed by atoms with E-state index < -0.39 is 8.56 Å². The maximum absolute atomic E-state index is 5.75. The van der Waals surface area contributed by atoms with E-state index in [4.69, 9.17) is 8.85 Å². The molecule has 86 valence electrons. The van der Waals surface area contributed by atoms with Crippen LogP contribution in [0.2, 0.25) is 12.6 Å². The molecule has 0 unspecified atom stereocenters. The molecule has 4 heteroatoms. The highest BCUT2D eigenvalue weighted by atomic mass is 28.4. The van der Waals surface area contributed by atoms with Crippen molar-refractivity contribution < 1.29 is 8.85 Å². The number of hydrogen-bond acceptors (Lipinski definition) is 3. The summed E-state index contributed by atoms with van der Waals surface area (Å²) < 4.78 is 11.5. The fourth-order valence-electron chi connectivity index (χ4n) is 1.51. The molecule has 0 fully saturated rings. The third-order valence-corrected chi connectivity index (χ3v) is 5.20. The maximum Gasteiger partial charge on any atom is 0.334 e. The summed E-state index contributed by atoms with van der Waals surface area (Å²) in [6, 6.07) is 1.09. The molecule has 3 nitrogen and oxygen atoms in total. The van der Waals surface area contributed by atoms with E-state index in [9.17, 15) is 0 Å². The monoisotopic (exact) mass is 219 g/mol. The van der Waals surface area contributed by atoms with Gasteiger partial charge < -0.3 is 13.8 Å². The molecule has 0 aliphatic carbocycles. The van der Waals surface area contributed by atoms with E-state index in [1.165, 1.54) is 0 Å². The van der Waals surface area contributed by atoms with E-state index in [1.54, 1.807) is 0 Å². The van der Waals surface area contributed by atoms with Gasteiger partial charge in [-0.3, -0.25) is 0 Å². The van der Waals surface area contributed by atoms with Crippen LogP contribution >= 0.6 is 0 Å². The predicted octanol–water partition coefficient (Wildman–Crippen LogP) is 2.08. The molecule has 0 aromatic rings. The van der Waals surface area contributed by atoms with Gasteiger partial charge in [-0.2, -0.15) is 0 Å². The second-order valence-corrected chi connectivity index (χ2v) is 7.25. The molecular formula is C10H25NO2Si. The van der Waals surface area contributed by atoms with E-state index in [2.05, 4.69) is 25.5 Å². The first-order valence-electron chi connectivity index (χ1n) is 5.46. The van der Waals surface area contributed by atoms with Gasteiger partial charge in [-0.05, 0) is 53.5 Å². The lowest BCUT2D eigenvalue weighted by molar-refractivity contribution is 0.187. The van der Waals surface area contributed by atoms with Gasteiger partial charge in [0, 0.05) is 13.2 Å². The minimum Gasteiger partial charge on any atom is -0.395 e. The first-order valence-corrected chi connectivity index (χ1v) is 7.99. The lowest BCUT2D eigenvalue weighted by Gasteiger charge is -2.26. The zero-order valence-corrected chi connectivity index (χ0v) is 11.3. The van der Waals surface area contributed by atoms with E-state index in [-0.39, 0.29) is 0 Å². The van der Waals surface area contributed by atoms with Crippen molar-refractivity contribution in [1.82, 2.24) is 4.90 Å². The predicted molar refractivity (Wildman–Crippen MR) is 62.8 cm³/mol. The Kier molecular flexibility index (Phi) is 7.45. The molecule has 0 rings (SSSR count). The average Bonchev–Trinajstić information content (AvgIpc) is 2.03. The van der Waals surface area contributed by atoms with Gasteiger partial charge in [-0.15, -0.1) is 0 Å².